The molecule has 4 heteroatoms. The summed E-state index contributed by atoms with van der Waals surface area (Å²) in [7, 11) is 4.45. The average molecular weight is 241 g/mol. The smallest absolute Gasteiger partial charge is 0.0902 e. The Morgan fingerprint density at radius 2 is 2.24 bits per heavy atom. The van der Waals surface area contributed by atoms with Gasteiger partial charge in [-0.25, -0.2) is 0 Å². The second-order valence-corrected chi connectivity index (χ2v) is 5.94. The van der Waals surface area contributed by atoms with Gasteiger partial charge in [-0.2, -0.15) is 0 Å². The quantitative estimate of drug-likeness (QED) is 0.754. The number of nitrogens with one attached hydrogen (secondary N) is 1. The van der Waals surface area contributed by atoms with Crippen LogP contribution in [0.2, 0.25) is 0 Å². The third-order valence-electron chi connectivity index (χ3n) is 4.12. The third-order valence-corrected chi connectivity index (χ3v) is 4.12. The summed E-state index contributed by atoms with van der Waals surface area (Å²) in [6, 6.07) is 0.713. The molecular weight excluding hydrogens is 214 g/mol. The SMILES string of the molecule is CN1CCCC(N(C)CCOC2(C)CNC2)C1. The molecule has 0 bridgehead atoms. The summed E-state index contributed by atoms with van der Waals surface area (Å²) in [6.45, 7) is 8.56. The Hall–Kier alpha value is -0.160. The minimum atomic E-state index is 0.101. The van der Waals surface area contributed by atoms with Crippen molar-refractivity contribution in [1.29, 1.82) is 0 Å². The van der Waals surface area contributed by atoms with E-state index >= 15 is 0 Å². The van der Waals surface area contributed by atoms with E-state index in [4.69, 9.17) is 4.74 Å². The lowest BCUT2D eigenvalue weighted by atomic mass is 10.0. The Kier molecular flexibility index (Phi) is 4.42. The first kappa shape index (κ1) is 13.3. The molecule has 1 unspecified atom stereocenters. The van der Waals surface area contributed by atoms with Crippen LogP contribution >= 0.6 is 0 Å². The molecule has 2 saturated heterocycles. The van der Waals surface area contributed by atoms with E-state index in [1.807, 2.05) is 0 Å². The van der Waals surface area contributed by atoms with E-state index < -0.39 is 0 Å². The Bertz CT molecular complexity index is 243. The molecule has 0 spiro atoms. The summed E-state index contributed by atoms with van der Waals surface area (Å²) in [6.07, 6.45) is 2.66. The van der Waals surface area contributed by atoms with Crippen molar-refractivity contribution >= 4 is 0 Å². The zero-order valence-electron chi connectivity index (χ0n) is 11.5. The van der Waals surface area contributed by atoms with Crippen molar-refractivity contribution in [2.24, 2.45) is 0 Å². The van der Waals surface area contributed by atoms with Crippen LogP contribution in [-0.4, -0.2) is 74.9 Å². The number of hydrogen-bond acceptors (Lipinski definition) is 4. The van der Waals surface area contributed by atoms with Gasteiger partial charge in [0.1, 0.15) is 0 Å². The molecule has 17 heavy (non-hydrogen) atoms. The van der Waals surface area contributed by atoms with Gasteiger partial charge in [-0.15, -0.1) is 0 Å². The molecule has 4 nitrogen and oxygen atoms in total. The fraction of sp³-hybridized carbons (Fsp3) is 1.00. The molecule has 2 fully saturated rings. The summed E-state index contributed by atoms with van der Waals surface area (Å²) >= 11 is 0. The van der Waals surface area contributed by atoms with Crippen LogP contribution in [0.4, 0.5) is 0 Å². The molecule has 0 radical (unpaired) electrons. The van der Waals surface area contributed by atoms with Crippen LogP contribution in [0.5, 0.6) is 0 Å². The van der Waals surface area contributed by atoms with Gasteiger partial charge in [0.15, 0.2) is 0 Å². The van der Waals surface area contributed by atoms with Crippen molar-refractivity contribution in [2.45, 2.75) is 31.4 Å². The lowest BCUT2D eigenvalue weighted by Crippen LogP contribution is -2.59. The second-order valence-electron chi connectivity index (χ2n) is 5.94. The summed E-state index contributed by atoms with van der Waals surface area (Å²) in [4.78, 5) is 4.90. The summed E-state index contributed by atoms with van der Waals surface area (Å²) < 4.78 is 5.94. The van der Waals surface area contributed by atoms with Crippen molar-refractivity contribution in [3.8, 4) is 0 Å². The zero-order chi connectivity index (χ0) is 12.3. The fourth-order valence-electron chi connectivity index (χ4n) is 2.70. The number of piperidine rings is 1. The molecule has 2 aliphatic heterocycles. The lowest BCUT2D eigenvalue weighted by Gasteiger charge is -2.40. The highest BCUT2D eigenvalue weighted by Gasteiger charge is 2.32. The van der Waals surface area contributed by atoms with Crippen molar-refractivity contribution in [2.75, 3.05) is 53.4 Å². The van der Waals surface area contributed by atoms with Crippen molar-refractivity contribution in [3.63, 3.8) is 0 Å². The third kappa shape index (κ3) is 3.65. The van der Waals surface area contributed by atoms with Crippen LogP contribution in [0.25, 0.3) is 0 Å². The first-order valence-corrected chi connectivity index (χ1v) is 6.82. The number of likely N-dealkylation sites (tertiary alicyclic amines) is 1. The minimum absolute atomic E-state index is 0.101. The molecule has 2 rings (SSSR count). The van der Waals surface area contributed by atoms with Gasteiger partial charge in [-0.3, -0.25) is 4.90 Å². The standard InChI is InChI=1S/C13H27N3O/c1-13(10-14-11-13)17-8-7-16(3)12-5-4-6-15(2)9-12/h12,14H,4-11H2,1-3H3. The molecule has 1 atom stereocenters. The number of likely N-dealkylation sites (N-methyl/N-ethyl adjacent to an activating group) is 2. The van der Waals surface area contributed by atoms with Crippen LogP contribution in [0.1, 0.15) is 19.8 Å². The molecule has 0 aromatic rings. The first-order valence-electron chi connectivity index (χ1n) is 6.82. The van der Waals surface area contributed by atoms with Crippen LogP contribution in [0.3, 0.4) is 0 Å². The predicted octanol–water partition coefficient (Wildman–Crippen LogP) is 0.391. The van der Waals surface area contributed by atoms with E-state index in [1.165, 1.54) is 25.9 Å². The van der Waals surface area contributed by atoms with Crippen molar-refractivity contribution in [3.05, 3.63) is 0 Å². The van der Waals surface area contributed by atoms with Gasteiger partial charge in [0.25, 0.3) is 0 Å². The normalized spacial score (nSPS) is 29.3. The van der Waals surface area contributed by atoms with E-state index in [2.05, 4.69) is 36.1 Å². The minimum Gasteiger partial charge on any atom is -0.371 e. The maximum Gasteiger partial charge on any atom is 0.0902 e. The largest absolute Gasteiger partial charge is 0.371 e. The summed E-state index contributed by atoms with van der Waals surface area (Å²) in [5.74, 6) is 0. The number of rotatable bonds is 5. The molecule has 0 aromatic carbocycles. The van der Waals surface area contributed by atoms with E-state index in [9.17, 15) is 0 Å². The first-order chi connectivity index (χ1) is 8.09. The monoisotopic (exact) mass is 241 g/mol. The van der Waals surface area contributed by atoms with Gasteiger partial charge >= 0.3 is 0 Å². The van der Waals surface area contributed by atoms with Gasteiger partial charge in [0.2, 0.25) is 0 Å². The van der Waals surface area contributed by atoms with Gasteiger partial charge < -0.3 is 15.0 Å². The molecule has 0 aliphatic carbocycles. The van der Waals surface area contributed by atoms with Crippen LogP contribution in [0.15, 0.2) is 0 Å². The Labute approximate surface area is 105 Å². The van der Waals surface area contributed by atoms with Gasteiger partial charge in [-0.05, 0) is 40.4 Å². The molecule has 100 valence electrons. The predicted molar refractivity (Wildman–Crippen MR) is 70.4 cm³/mol. The Balaban J connectivity index is 1.64. The molecule has 2 heterocycles. The molecule has 1 N–H and O–H groups in total. The molecule has 2 aliphatic rings. The van der Waals surface area contributed by atoms with Gasteiger partial charge in [-0.1, -0.05) is 0 Å². The zero-order valence-corrected chi connectivity index (χ0v) is 11.5. The lowest BCUT2D eigenvalue weighted by molar-refractivity contribution is -0.0740. The molecule has 0 aromatic heterocycles. The number of nitrogens with zero attached hydrogens (tertiary/aromatic N) is 2. The van der Waals surface area contributed by atoms with E-state index in [-0.39, 0.29) is 5.60 Å². The molecule has 0 amide bonds. The summed E-state index contributed by atoms with van der Waals surface area (Å²) in [5, 5.41) is 3.26. The van der Waals surface area contributed by atoms with Crippen LogP contribution in [0, 0.1) is 0 Å². The molecular formula is C13H27N3O. The van der Waals surface area contributed by atoms with Crippen molar-refractivity contribution < 1.29 is 4.74 Å². The number of hydrogen-bond donors (Lipinski definition) is 1. The second kappa shape index (κ2) is 5.65. The van der Waals surface area contributed by atoms with E-state index in [0.29, 0.717) is 6.04 Å². The average Bonchev–Trinajstić information content (AvgIpc) is 2.26. The van der Waals surface area contributed by atoms with Crippen LogP contribution in [-0.2, 0) is 4.74 Å². The van der Waals surface area contributed by atoms with E-state index in [0.717, 1.165) is 26.2 Å². The van der Waals surface area contributed by atoms with Crippen molar-refractivity contribution in [1.82, 2.24) is 15.1 Å². The van der Waals surface area contributed by atoms with E-state index in [1.54, 1.807) is 0 Å². The maximum absolute atomic E-state index is 5.94. The summed E-state index contributed by atoms with van der Waals surface area (Å²) in [5.41, 5.74) is 0.101. The topological polar surface area (TPSA) is 27.7 Å². The van der Waals surface area contributed by atoms with Gasteiger partial charge in [0, 0.05) is 32.2 Å². The van der Waals surface area contributed by atoms with Crippen LogP contribution < -0.4 is 5.32 Å². The van der Waals surface area contributed by atoms with Gasteiger partial charge in [0.05, 0.1) is 12.2 Å². The highest BCUT2D eigenvalue weighted by molar-refractivity contribution is 4.90. The fourth-order valence-corrected chi connectivity index (χ4v) is 2.70. The Morgan fingerprint density at radius 3 is 2.82 bits per heavy atom. The molecule has 0 saturated carbocycles. The maximum atomic E-state index is 5.94. The highest BCUT2D eigenvalue weighted by Crippen LogP contribution is 2.16. The Morgan fingerprint density at radius 1 is 1.47 bits per heavy atom. The number of ether oxygens (including phenoxy) is 1. The highest BCUT2D eigenvalue weighted by atomic mass is 16.5.